The number of non-ortho nitro benzene ring substituents is 1. The molecule has 10 nitrogen and oxygen atoms in total. The number of aromatic nitrogens is 4. The Morgan fingerprint density at radius 1 is 1.10 bits per heavy atom. The number of hydrogen-bond acceptors (Lipinski definition) is 7. The zero-order valence-electron chi connectivity index (χ0n) is 21.6. The minimum absolute atomic E-state index is 0.0563. The van der Waals surface area contributed by atoms with Crippen LogP contribution in [0.2, 0.25) is 5.02 Å². The first-order valence-corrected chi connectivity index (χ1v) is 13.1. The van der Waals surface area contributed by atoms with Crippen molar-refractivity contribution in [1.82, 2.24) is 24.6 Å². The van der Waals surface area contributed by atoms with Gasteiger partial charge in [-0.15, -0.1) is 0 Å². The molecule has 1 aliphatic rings. The molecule has 12 heteroatoms. The van der Waals surface area contributed by atoms with Gasteiger partial charge in [0.25, 0.3) is 11.6 Å². The molecule has 0 aliphatic carbocycles. The van der Waals surface area contributed by atoms with Crippen LogP contribution in [0.1, 0.15) is 41.6 Å². The van der Waals surface area contributed by atoms with Crippen LogP contribution in [0.25, 0.3) is 16.7 Å². The van der Waals surface area contributed by atoms with Gasteiger partial charge in [0.2, 0.25) is 0 Å². The van der Waals surface area contributed by atoms with E-state index in [0.29, 0.717) is 56.2 Å². The molecule has 0 N–H and O–H groups in total. The quantitative estimate of drug-likeness (QED) is 0.241. The van der Waals surface area contributed by atoms with Crippen LogP contribution < -0.4 is 4.90 Å². The number of benzene rings is 2. The fraction of sp³-hybridized carbons (Fsp3) is 0.333. The molecule has 202 valence electrons. The van der Waals surface area contributed by atoms with Crippen molar-refractivity contribution in [3.63, 3.8) is 0 Å². The Kier molecular flexibility index (Phi) is 7.42. The summed E-state index contributed by atoms with van der Waals surface area (Å²) in [5.41, 5.74) is 2.19. The number of anilines is 1. The Labute approximate surface area is 229 Å². The highest BCUT2D eigenvalue weighted by atomic mass is 35.5. The van der Waals surface area contributed by atoms with Gasteiger partial charge in [-0.25, -0.2) is 19.0 Å². The average Bonchev–Trinajstić information content (AvgIpc) is 3.08. The van der Waals surface area contributed by atoms with Crippen LogP contribution in [0.5, 0.6) is 0 Å². The van der Waals surface area contributed by atoms with Gasteiger partial charge in [-0.05, 0) is 50.1 Å². The number of fused-ring (bicyclic) bond motifs is 1. The van der Waals surface area contributed by atoms with Gasteiger partial charge in [0.05, 0.1) is 32.3 Å². The van der Waals surface area contributed by atoms with E-state index in [1.165, 1.54) is 30.3 Å². The average molecular weight is 552 g/mol. The van der Waals surface area contributed by atoms with Gasteiger partial charge in [0.15, 0.2) is 5.65 Å². The molecular weight excluding hydrogens is 525 g/mol. The predicted octanol–water partition coefficient (Wildman–Crippen LogP) is 5.13. The van der Waals surface area contributed by atoms with Crippen LogP contribution in [0.15, 0.2) is 42.5 Å². The fourth-order valence-corrected chi connectivity index (χ4v) is 5.08. The maximum absolute atomic E-state index is 13.6. The lowest BCUT2D eigenvalue weighted by atomic mass is 10.1. The SMILES string of the molecule is CCCc1nc(N2CCCN(C(=O)c3ccc([N+](=O)[O-])cc3Cl)CC2)c2c(C)nn(-c3ccc(F)cc3)c2n1. The monoisotopic (exact) mass is 551 g/mol. The van der Waals surface area contributed by atoms with Crippen molar-refractivity contribution in [3.8, 4) is 5.69 Å². The molecule has 0 atom stereocenters. The van der Waals surface area contributed by atoms with E-state index in [2.05, 4.69) is 11.8 Å². The molecule has 39 heavy (non-hydrogen) atoms. The summed E-state index contributed by atoms with van der Waals surface area (Å²) >= 11 is 6.23. The van der Waals surface area contributed by atoms with Gasteiger partial charge in [0.1, 0.15) is 17.5 Å². The van der Waals surface area contributed by atoms with Crippen molar-refractivity contribution in [2.45, 2.75) is 33.1 Å². The molecule has 1 saturated heterocycles. The maximum atomic E-state index is 13.6. The summed E-state index contributed by atoms with van der Waals surface area (Å²) in [4.78, 5) is 37.4. The van der Waals surface area contributed by atoms with E-state index >= 15 is 0 Å². The summed E-state index contributed by atoms with van der Waals surface area (Å²) in [5, 5.41) is 16.6. The van der Waals surface area contributed by atoms with Crippen LogP contribution in [0, 0.1) is 22.9 Å². The zero-order valence-corrected chi connectivity index (χ0v) is 22.4. The molecule has 2 aromatic heterocycles. The van der Waals surface area contributed by atoms with E-state index in [1.54, 1.807) is 21.7 Å². The summed E-state index contributed by atoms with van der Waals surface area (Å²) in [7, 11) is 0. The molecule has 1 aliphatic heterocycles. The number of nitrogens with zero attached hydrogens (tertiary/aromatic N) is 7. The normalized spacial score (nSPS) is 14.1. The van der Waals surface area contributed by atoms with Crippen molar-refractivity contribution in [2.24, 2.45) is 0 Å². The van der Waals surface area contributed by atoms with Gasteiger partial charge in [0, 0.05) is 44.7 Å². The Morgan fingerprint density at radius 3 is 2.56 bits per heavy atom. The molecule has 0 unspecified atom stereocenters. The van der Waals surface area contributed by atoms with Crippen LogP contribution in [0.4, 0.5) is 15.9 Å². The Hall–Kier alpha value is -4.12. The highest BCUT2D eigenvalue weighted by molar-refractivity contribution is 6.34. The molecular formula is C27H27ClFN7O3. The minimum atomic E-state index is -0.542. The lowest BCUT2D eigenvalue weighted by Gasteiger charge is -2.24. The second-order valence-corrected chi connectivity index (χ2v) is 9.85. The Balaban J connectivity index is 1.46. The van der Waals surface area contributed by atoms with Gasteiger partial charge >= 0.3 is 0 Å². The number of amides is 1. The smallest absolute Gasteiger partial charge is 0.270 e. The van der Waals surface area contributed by atoms with Gasteiger partial charge in [-0.1, -0.05) is 18.5 Å². The summed E-state index contributed by atoms with van der Waals surface area (Å²) < 4.78 is 15.3. The van der Waals surface area contributed by atoms with Gasteiger partial charge in [-0.3, -0.25) is 14.9 Å². The van der Waals surface area contributed by atoms with Crippen LogP contribution in [-0.2, 0) is 6.42 Å². The fourth-order valence-electron chi connectivity index (χ4n) is 4.83. The first kappa shape index (κ1) is 26.5. The standard InChI is InChI=1S/C27H27ClFN7O3/c1-3-5-23-30-25(24-17(2)32-35(26(24)31-23)19-8-6-18(29)7-9-19)33-12-4-13-34(15-14-33)27(37)21-11-10-20(36(38)39)16-22(21)28/h6-11,16H,3-5,12-15H2,1-2H3. The van der Waals surface area contributed by atoms with Gasteiger partial charge in [-0.2, -0.15) is 5.10 Å². The van der Waals surface area contributed by atoms with E-state index in [-0.39, 0.29) is 28.0 Å². The van der Waals surface area contributed by atoms with E-state index < -0.39 is 4.92 Å². The number of carbonyl (C=O) groups excluding carboxylic acids is 1. The summed E-state index contributed by atoms with van der Waals surface area (Å²) in [5.74, 6) is 0.860. The highest BCUT2D eigenvalue weighted by Gasteiger charge is 2.26. The van der Waals surface area contributed by atoms with Crippen molar-refractivity contribution < 1.29 is 14.1 Å². The second kappa shape index (κ2) is 10.9. The first-order valence-electron chi connectivity index (χ1n) is 12.8. The molecule has 0 spiro atoms. The summed E-state index contributed by atoms with van der Waals surface area (Å²) in [6.45, 7) is 6.08. The van der Waals surface area contributed by atoms with Gasteiger partial charge < -0.3 is 9.80 Å². The van der Waals surface area contributed by atoms with Crippen LogP contribution in [0.3, 0.4) is 0 Å². The summed E-state index contributed by atoms with van der Waals surface area (Å²) in [6.07, 6.45) is 2.25. The van der Waals surface area contributed by atoms with Crippen molar-refractivity contribution >= 4 is 40.0 Å². The zero-order chi connectivity index (χ0) is 27.7. The number of rotatable bonds is 6. The number of carbonyl (C=O) groups is 1. The molecule has 1 amide bonds. The maximum Gasteiger partial charge on any atom is 0.270 e. The van der Waals surface area contributed by atoms with Crippen molar-refractivity contribution in [2.75, 3.05) is 31.1 Å². The number of hydrogen-bond donors (Lipinski definition) is 0. The summed E-state index contributed by atoms with van der Waals surface area (Å²) in [6, 6.07) is 10.0. The third kappa shape index (κ3) is 5.26. The lowest BCUT2D eigenvalue weighted by Crippen LogP contribution is -2.35. The molecule has 0 saturated carbocycles. The van der Waals surface area contributed by atoms with E-state index in [1.807, 2.05) is 6.92 Å². The van der Waals surface area contributed by atoms with Crippen molar-refractivity contribution in [1.29, 1.82) is 0 Å². The number of aryl methyl sites for hydroxylation is 2. The molecule has 2 aromatic carbocycles. The van der Waals surface area contributed by atoms with E-state index in [0.717, 1.165) is 23.3 Å². The predicted molar refractivity (Wildman–Crippen MR) is 146 cm³/mol. The largest absolute Gasteiger partial charge is 0.354 e. The first-order chi connectivity index (χ1) is 18.8. The number of nitro groups is 1. The number of nitro benzene ring substituents is 1. The van der Waals surface area contributed by atoms with E-state index in [9.17, 15) is 19.3 Å². The van der Waals surface area contributed by atoms with Crippen LogP contribution in [-0.4, -0.2) is 61.7 Å². The van der Waals surface area contributed by atoms with Crippen LogP contribution >= 0.6 is 11.6 Å². The lowest BCUT2D eigenvalue weighted by molar-refractivity contribution is -0.384. The second-order valence-electron chi connectivity index (χ2n) is 9.44. The Morgan fingerprint density at radius 2 is 1.87 bits per heavy atom. The minimum Gasteiger partial charge on any atom is -0.354 e. The molecule has 5 rings (SSSR count). The third-order valence-corrected chi connectivity index (χ3v) is 7.06. The molecule has 0 bridgehead atoms. The topological polar surface area (TPSA) is 110 Å². The number of halogens is 2. The van der Waals surface area contributed by atoms with Crippen molar-refractivity contribution in [3.05, 3.63) is 80.5 Å². The third-order valence-electron chi connectivity index (χ3n) is 6.75. The molecule has 0 radical (unpaired) electrons. The Bertz CT molecular complexity index is 1560. The highest BCUT2D eigenvalue weighted by Crippen LogP contribution is 2.31. The molecule has 3 heterocycles. The van der Waals surface area contributed by atoms with E-state index in [4.69, 9.17) is 26.7 Å². The molecule has 1 fully saturated rings. The molecule has 4 aromatic rings.